The Hall–Kier alpha value is -1.60. The van der Waals surface area contributed by atoms with Gasteiger partial charge in [0, 0.05) is 31.7 Å². The van der Waals surface area contributed by atoms with Gasteiger partial charge >= 0.3 is 0 Å². The van der Waals surface area contributed by atoms with Crippen LogP contribution in [0.2, 0.25) is 0 Å². The minimum absolute atomic E-state index is 0. The van der Waals surface area contributed by atoms with Crippen LogP contribution in [0.25, 0.3) is 0 Å². The summed E-state index contributed by atoms with van der Waals surface area (Å²) in [4.78, 5) is 23.8. The molecule has 8 heteroatoms. The fraction of sp³-hybridized carbons (Fsp3) is 0.706. The third kappa shape index (κ3) is 5.44. The zero-order valence-electron chi connectivity index (χ0n) is 14.5. The van der Waals surface area contributed by atoms with Gasteiger partial charge in [0.25, 0.3) is 5.91 Å². The Morgan fingerprint density at radius 1 is 1.20 bits per heavy atom. The standard InChI is InChI=1S/C17H27N5O2.ClH/c23-16(13-4-1-5-13)19-9-3-10-20-17(24)15-7-11-22(21-15)14-6-2-8-18-12-14;/h7,11,13-14,18H,1-6,8-10,12H2,(H,19,23)(H,20,24);1H. The predicted molar refractivity (Wildman–Crippen MR) is 97.9 cm³/mol. The quantitative estimate of drug-likeness (QED) is 0.631. The Labute approximate surface area is 154 Å². The molecule has 2 fully saturated rings. The predicted octanol–water partition coefficient (Wildman–Crippen LogP) is 1.27. The number of aromatic nitrogens is 2. The van der Waals surface area contributed by atoms with Gasteiger partial charge in [-0.05, 0) is 44.7 Å². The van der Waals surface area contributed by atoms with Gasteiger partial charge in [0.15, 0.2) is 0 Å². The molecule has 7 nitrogen and oxygen atoms in total. The average molecular weight is 370 g/mol. The Morgan fingerprint density at radius 2 is 2.00 bits per heavy atom. The van der Waals surface area contributed by atoms with E-state index in [0.717, 1.165) is 51.6 Å². The molecule has 1 aliphatic carbocycles. The number of halogens is 1. The molecule has 140 valence electrons. The Morgan fingerprint density at radius 3 is 2.68 bits per heavy atom. The number of piperidine rings is 1. The van der Waals surface area contributed by atoms with Crippen LogP contribution >= 0.6 is 12.4 Å². The lowest BCUT2D eigenvalue weighted by Crippen LogP contribution is -2.36. The summed E-state index contributed by atoms with van der Waals surface area (Å²) in [5, 5.41) is 13.5. The summed E-state index contributed by atoms with van der Waals surface area (Å²) < 4.78 is 1.89. The highest BCUT2D eigenvalue weighted by atomic mass is 35.5. The summed E-state index contributed by atoms with van der Waals surface area (Å²) in [5.74, 6) is 0.230. The van der Waals surface area contributed by atoms with Crippen LogP contribution in [-0.4, -0.2) is 47.8 Å². The first-order chi connectivity index (χ1) is 11.7. The second-order valence-corrected chi connectivity index (χ2v) is 6.71. The molecule has 0 spiro atoms. The van der Waals surface area contributed by atoms with Crippen molar-refractivity contribution in [2.75, 3.05) is 26.2 Å². The van der Waals surface area contributed by atoms with Crippen molar-refractivity contribution in [3.05, 3.63) is 18.0 Å². The Bertz CT molecular complexity index is 567. The van der Waals surface area contributed by atoms with Crippen molar-refractivity contribution in [1.82, 2.24) is 25.7 Å². The number of nitrogens with one attached hydrogen (secondary N) is 3. The lowest BCUT2D eigenvalue weighted by atomic mass is 9.85. The van der Waals surface area contributed by atoms with Crippen molar-refractivity contribution < 1.29 is 9.59 Å². The van der Waals surface area contributed by atoms with Crippen LogP contribution in [-0.2, 0) is 4.79 Å². The second-order valence-electron chi connectivity index (χ2n) is 6.71. The number of hydrogen-bond donors (Lipinski definition) is 3. The van der Waals surface area contributed by atoms with Crippen molar-refractivity contribution in [2.45, 2.75) is 44.6 Å². The van der Waals surface area contributed by atoms with Gasteiger partial charge in [0.2, 0.25) is 5.91 Å². The molecule has 1 saturated heterocycles. The molecule has 1 aromatic rings. The number of nitrogens with zero attached hydrogens (tertiary/aromatic N) is 2. The molecular weight excluding hydrogens is 342 g/mol. The van der Waals surface area contributed by atoms with E-state index in [9.17, 15) is 9.59 Å². The molecule has 1 aliphatic heterocycles. The van der Waals surface area contributed by atoms with E-state index < -0.39 is 0 Å². The van der Waals surface area contributed by atoms with E-state index >= 15 is 0 Å². The maximum Gasteiger partial charge on any atom is 0.271 e. The molecule has 25 heavy (non-hydrogen) atoms. The van der Waals surface area contributed by atoms with E-state index in [1.54, 1.807) is 6.07 Å². The smallest absolute Gasteiger partial charge is 0.271 e. The van der Waals surface area contributed by atoms with E-state index in [-0.39, 0.29) is 30.1 Å². The Kier molecular flexibility index (Phi) is 7.71. The first-order valence-corrected chi connectivity index (χ1v) is 9.06. The molecule has 2 amide bonds. The molecule has 1 saturated carbocycles. The number of amides is 2. The fourth-order valence-corrected chi connectivity index (χ4v) is 3.13. The minimum atomic E-state index is -0.150. The van der Waals surface area contributed by atoms with Crippen molar-refractivity contribution in [1.29, 1.82) is 0 Å². The minimum Gasteiger partial charge on any atom is -0.356 e. The van der Waals surface area contributed by atoms with Gasteiger partial charge in [-0.2, -0.15) is 5.10 Å². The van der Waals surface area contributed by atoms with Crippen LogP contribution in [0.4, 0.5) is 0 Å². The zero-order chi connectivity index (χ0) is 16.8. The molecule has 2 aliphatic rings. The first kappa shape index (κ1) is 19.7. The number of carbonyl (C=O) groups is 2. The summed E-state index contributed by atoms with van der Waals surface area (Å²) in [7, 11) is 0. The van der Waals surface area contributed by atoms with Gasteiger partial charge in [-0.3, -0.25) is 14.3 Å². The summed E-state index contributed by atoms with van der Waals surface area (Å²) in [5.41, 5.74) is 0.457. The number of rotatable bonds is 7. The van der Waals surface area contributed by atoms with Gasteiger partial charge in [0.05, 0.1) is 6.04 Å². The lowest BCUT2D eigenvalue weighted by molar-refractivity contribution is -0.127. The van der Waals surface area contributed by atoms with Crippen molar-refractivity contribution in [2.24, 2.45) is 5.92 Å². The third-order valence-electron chi connectivity index (χ3n) is 4.90. The number of carbonyl (C=O) groups excluding carboxylic acids is 2. The fourth-order valence-electron chi connectivity index (χ4n) is 3.13. The molecule has 3 rings (SSSR count). The molecule has 0 radical (unpaired) electrons. The molecule has 1 aromatic heterocycles. The van der Waals surface area contributed by atoms with E-state index in [0.29, 0.717) is 24.8 Å². The highest BCUT2D eigenvalue weighted by Gasteiger charge is 2.24. The van der Waals surface area contributed by atoms with Crippen LogP contribution < -0.4 is 16.0 Å². The van der Waals surface area contributed by atoms with E-state index in [4.69, 9.17) is 0 Å². The van der Waals surface area contributed by atoms with Crippen molar-refractivity contribution >= 4 is 24.2 Å². The van der Waals surface area contributed by atoms with E-state index in [1.807, 2.05) is 10.9 Å². The Balaban J connectivity index is 0.00000225. The highest BCUT2D eigenvalue weighted by Crippen LogP contribution is 2.26. The van der Waals surface area contributed by atoms with Gasteiger partial charge in [0.1, 0.15) is 5.69 Å². The highest BCUT2D eigenvalue weighted by molar-refractivity contribution is 5.92. The first-order valence-electron chi connectivity index (χ1n) is 9.06. The van der Waals surface area contributed by atoms with Gasteiger partial charge in [-0.15, -0.1) is 12.4 Å². The van der Waals surface area contributed by atoms with Crippen LogP contribution in [0, 0.1) is 5.92 Å². The SMILES string of the molecule is Cl.O=C(NCCCNC(=O)C1CCC1)c1ccn(C2CCCNC2)n1. The summed E-state index contributed by atoms with van der Waals surface area (Å²) >= 11 is 0. The van der Waals surface area contributed by atoms with Gasteiger partial charge < -0.3 is 16.0 Å². The van der Waals surface area contributed by atoms with E-state index in [2.05, 4.69) is 21.0 Å². The summed E-state index contributed by atoms with van der Waals surface area (Å²) in [6.07, 6.45) is 8.04. The molecule has 1 atom stereocenters. The summed E-state index contributed by atoms with van der Waals surface area (Å²) in [6.45, 7) is 3.12. The molecule has 3 N–H and O–H groups in total. The van der Waals surface area contributed by atoms with Crippen molar-refractivity contribution in [3.8, 4) is 0 Å². The van der Waals surface area contributed by atoms with Crippen LogP contribution in [0.5, 0.6) is 0 Å². The van der Waals surface area contributed by atoms with Crippen molar-refractivity contribution in [3.63, 3.8) is 0 Å². The maximum atomic E-state index is 12.1. The molecule has 1 unspecified atom stereocenters. The molecule has 0 bridgehead atoms. The van der Waals surface area contributed by atoms with Gasteiger partial charge in [-0.1, -0.05) is 6.42 Å². The molecule has 0 aromatic carbocycles. The largest absolute Gasteiger partial charge is 0.356 e. The van der Waals surface area contributed by atoms with Crippen LogP contribution in [0.1, 0.15) is 55.1 Å². The summed E-state index contributed by atoms with van der Waals surface area (Å²) in [6, 6.07) is 2.10. The normalized spacial score (nSPS) is 20.2. The molecule has 2 heterocycles. The zero-order valence-corrected chi connectivity index (χ0v) is 15.3. The van der Waals surface area contributed by atoms with E-state index in [1.165, 1.54) is 0 Å². The monoisotopic (exact) mass is 369 g/mol. The number of hydrogen-bond acceptors (Lipinski definition) is 4. The lowest BCUT2D eigenvalue weighted by Gasteiger charge is -2.24. The topological polar surface area (TPSA) is 88.0 Å². The second kappa shape index (κ2) is 9.77. The molecular formula is C17H28ClN5O2. The maximum absolute atomic E-state index is 12.1. The average Bonchev–Trinajstić information content (AvgIpc) is 3.03. The van der Waals surface area contributed by atoms with Crippen LogP contribution in [0.15, 0.2) is 12.3 Å². The van der Waals surface area contributed by atoms with Gasteiger partial charge in [-0.25, -0.2) is 0 Å². The van der Waals surface area contributed by atoms with Crippen LogP contribution in [0.3, 0.4) is 0 Å². The third-order valence-corrected chi connectivity index (χ3v) is 4.90.